The summed E-state index contributed by atoms with van der Waals surface area (Å²) in [4.78, 5) is 30.6. The number of fused-ring (bicyclic) bond motifs is 1. The van der Waals surface area contributed by atoms with Crippen molar-refractivity contribution in [2.45, 2.75) is 32.6 Å². The Morgan fingerprint density at radius 2 is 1.69 bits per heavy atom. The third kappa shape index (κ3) is 3.23. The fourth-order valence-electron chi connectivity index (χ4n) is 4.76. The van der Waals surface area contributed by atoms with Gasteiger partial charge in [0, 0.05) is 10.7 Å². The maximum atomic E-state index is 12.7. The number of hydrogen-bond acceptors (Lipinski definition) is 3. The second-order valence-electron chi connectivity index (χ2n) is 7.93. The molecule has 26 heavy (non-hydrogen) atoms. The summed E-state index contributed by atoms with van der Waals surface area (Å²) < 4.78 is 0. The van der Waals surface area contributed by atoms with Gasteiger partial charge in [0.15, 0.2) is 6.67 Å². The number of nitrogens with zero attached hydrogens (tertiary/aromatic N) is 2. The Labute approximate surface area is 159 Å². The summed E-state index contributed by atoms with van der Waals surface area (Å²) in [6, 6.07) is 6.01. The second kappa shape index (κ2) is 7.20. The van der Waals surface area contributed by atoms with Crippen LogP contribution in [0.25, 0.3) is 0 Å². The molecule has 1 aliphatic carbocycles. The predicted molar refractivity (Wildman–Crippen MR) is 101 cm³/mol. The molecule has 0 unspecified atom stereocenters. The smallest absolute Gasteiger partial charge is 0.237 e. The average molecular weight is 377 g/mol. The minimum atomic E-state index is -0.0361. The van der Waals surface area contributed by atoms with Crippen LogP contribution in [0.4, 0.5) is 5.69 Å². The predicted octanol–water partition coefficient (Wildman–Crippen LogP) is 1.49. The van der Waals surface area contributed by atoms with Gasteiger partial charge in [-0.15, -0.1) is 0 Å². The summed E-state index contributed by atoms with van der Waals surface area (Å²) in [6.07, 6.45) is 3.95. The number of carbonyl (C=O) groups is 2. The summed E-state index contributed by atoms with van der Waals surface area (Å²) in [5, 5.41) is 0.760. The minimum absolute atomic E-state index is 0.0361. The zero-order valence-electron chi connectivity index (χ0n) is 15.3. The Bertz CT molecular complexity index is 691. The van der Waals surface area contributed by atoms with Crippen LogP contribution in [0.1, 0.15) is 31.2 Å². The molecule has 3 aliphatic rings. The molecule has 2 atom stereocenters. The van der Waals surface area contributed by atoms with E-state index < -0.39 is 0 Å². The lowest BCUT2D eigenvalue weighted by Crippen LogP contribution is -3.16. The van der Waals surface area contributed by atoms with Crippen LogP contribution in [-0.4, -0.2) is 49.6 Å². The van der Waals surface area contributed by atoms with Gasteiger partial charge in [-0.1, -0.05) is 30.5 Å². The van der Waals surface area contributed by atoms with E-state index in [-0.39, 0.29) is 23.7 Å². The standard InChI is InChI=1S/C20H26ClN3O2/c1-14-6-7-15(21)12-18(14)23-10-8-22(9-11-23)13-24-19(25)16-4-2-3-5-17(16)20(24)26/h6-7,12,16-17H,2-5,8-11,13H2,1H3/p+1/t16-,17+. The van der Waals surface area contributed by atoms with E-state index in [4.69, 9.17) is 11.6 Å². The van der Waals surface area contributed by atoms with Crippen LogP contribution in [0.3, 0.4) is 0 Å². The van der Waals surface area contributed by atoms with Gasteiger partial charge < -0.3 is 9.80 Å². The lowest BCUT2D eigenvalue weighted by atomic mass is 9.81. The molecule has 2 amide bonds. The first-order chi connectivity index (χ1) is 12.5. The number of carbonyl (C=O) groups excluding carboxylic acids is 2. The Balaban J connectivity index is 1.37. The van der Waals surface area contributed by atoms with Crippen molar-refractivity contribution in [3.63, 3.8) is 0 Å². The number of nitrogens with one attached hydrogen (secondary N) is 1. The topological polar surface area (TPSA) is 45.1 Å². The number of benzene rings is 1. The van der Waals surface area contributed by atoms with Gasteiger partial charge in [-0.3, -0.25) is 9.59 Å². The van der Waals surface area contributed by atoms with Gasteiger partial charge in [-0.25, -0.2) is 4.90 Å². The second-order valence-corrected chi connectivity index (χ2v) is 8.36. The van der Waals surface area contributed by atoms with Crippen LogP contribution in [0.15, 0.2) is 18.2 Å². The summed E-state index contributed by atoms with van der Waals surface area (Å²) in [5.74, 6) is 0.0951. The highest BCUT2D eigenvalue weighted by Gasteiger charge is 2.49. The van der Waals surface area contributed by atoms with Gasteiger partial charge in [0.2, 0.25) is 11.8 Å². The first-order valence-electron chi connectivity index (χ1n) is 9.74. The summed E-state index contributed by atoms with van der Waals surface area (Å²) >= 11 is 6.16. The highest BCUT2D eigenvalue weighted by Crippen LogP contribution is 2.37. The molecular weight excluding hydrogens is 350 g/mol. The SMILES string of the molecule is Cc1ccc(Cl)cc1N1CC[NH+](CN2C(=O)[C@H]3CCCC[C@H]3C2=O)CC1. The number of rotatable bonds is 3. The fraction of sp³-hybridized carbons (Fsp3) is 0.600. The van der Waals surface area contributed by atoms with Crippen molar-refractivity contribution in [2.75, 3.05) is 37.7 Å². The van der Waals surface area contributed by atoms with Gasteiger partial charge in [-0.05, 0) is 37.5 Å². The van der Waals surface area contributed by atoms with Crippen LogP contribution in [0, 0.1) is 18.8 Å². The van der Waals surface area contributed by atoms with E-state index in [1.165, 1.54) is 16.2 Å². The molecule has 1 aromatic rings. The number of aryl methyl sites for hydroxylation is 1. The normalized spacial score (nSPS) is 27.2. The maximum absolute atomic E-state index is 12.7. The molecule has 5 nitrogen and oxygen atoms in total. The number of piperazine rings is 1. The molecule has 0 radical (unpaired) electrons. The van der Waals surface area contributed by atoms with Crippen molar-refractivity contribution >= 4 is 29.1 Å². The van der Waals surface area contributed by atoms with E-state index in [0.717, 1.165) is 56.9 Å². The van der Waals surface area contributed by atoms with Crippen LogP contribution in [0.2, 0.25) is 5.02 Å². The first kappa shape index (κ1) is 17.8. The summed E-state index contributed by atoms with van der Waals surface area (Å²) in [5.41, 5.74) is 2.42. The highest BCUT2D eigenvalue weighted by molar-refractivity contribution is 6.30. The van der Waals surface area contributed by atoms with E-state index in [1.807, 2.05) is 12.1 Å². The molecule has 6 heteroatoms. The molecule has 1 saturated carbocycles. The molecule has 1 aromatic carbocycles. The van der Waals surface area contributed by atoms with E-state index >= 15 is 0 Å². The molecule has 4 rings (SSSR count). The number of hydrogen-bond donors (Lipinski definition) is 1. The van der Waals surface area contributed by atoms with E-state index in [9.17, 15) is 9.59 Å². The van der Waals surface area contributed by atoms with Crippen molar-refractivity contribution in [3.05, 3.63) is 28.8 Å². The molecule has 0 spiro atoms. The van der Waals surface area contributed by atoms with Crippen LogP contribution < -0.4 is 9.80 Å². The highest BCUT2D eigenvalue weighted by atomic mass is 35.5. The van der Waals surface area contributed by atoms with Crippen LogP contribution in [-0.2, 0) is 9.59 Å². The van der Waals surface area contributed by atoms with E-state index in [1.54, 1.807) is 4.90 Å². The lowest BCUT2D eigenvalue weighted by Gasteiger charge is -2.35. The van der Waals surface area contributed by atoms with E-state index in [2.05, 4.69) is 17.9 Å². The maximum Gasteiger partial charge on any atom is 0.237 e. The monoisotopic (exact) mass is 376 g/mol. The molecule has 0 bridgehead atoms. The third-order valence-electron chi connectivity index (χ3n) is 6.30. The Morgan fingerprint density at radius 3 is 2.31 bits per heavy atom. The number of anilines is 1. The van der Waals surface area contributed by atoms with E-state index in [0.29, 0.717) is 6.67 Å². The molecule has 2 aliphatic heterocycles. The third-order valence-corrected chi connectivity index (χ3v) is 6.53. The lowest BCUT2D eigenvalue weighted by molar-refractivity contribution is -0.908. The van der Waals surface area contributed by atoms with Gasteiger partial charge in [0.1, 0.15) is 0 Å². The zero-order valence-corrected chi connectivity index (χ0v) is 16.1. The van der Waals surface area contributed by atoms with Crippen LogP contribution >= 0.6 is 11.6 Å². The number of likely N-dealkylation sites (tertiary alicyclic amines) is 1. The number of amides is 2. The average Bonchev–Trinajstić information content (AvgIpc) is 2.90. The molecule has 3 fully saturated rings. The molecule has 1 N–H and O–H groups in total. The molecular formula is C20H27ClN3O2+. The molecule has 140 valence electrons. The van der Waals surface area contributed by atoms with Crippen molar-refractivity contribution in [1.82, 2.24) is 4.90 Å². The van der Waals surface area contributed by atoms with Gasteiger partial charge in [-0.2, -0.15) is 0 Å². The van der Waals surface area contributed by atoms with Gasteiger partial charge in [0.05, 0.1) is 38.0 Å². The first-order valence-corrected chi connectivity index (χ1v) is 10.1. The Kier molecular flexibility index (Phi) is 4.93. The zero-order chi connectivity index (χ0) is 18.3. The van der Waals surface area contributed by atoms with Gasteiger partial charge >= 0.3 is 0 Å². The largest absolute Gasteiger partial charge is 0.360 e. The molecule has 0 aromatic heterocycles. The molecule has 2 saturated heterocycles. The molecule has 2 heterocycles. The van der Waals surface area contributed by atoms with Gasteiger partial charge in [0.25, 0.3) is 0 Å². The number of quaternary nitrogens is 1. The quantitative estimate of drug-likeness (QED) is 0.813. The van der Waals surface area contributed by atoms with Crippen molar-refractivity contribution in [3.8, 4) is 0 Å². The Hall–Kier alpha value is -1.59. The van der Waals surface area contributed by atoms with Crippen molar-refractivity contribution in [2.24, 2.45) is 11.8 Å². The van der Waals surface area contributed by atoms with Crippen LogP contribution in [0.5, 0.6) is 0 Å². The Morgan fingerprint density at radius 1 is 1.08 bits per heavy atom. The number of imide groups is 1. The van der Waals surface area contributed by atoms with Crippen molar-refractivity contribution < 1.29 is 14.5 Å². The number of halogens is 1. The summed E-state index contributed by atoms with van der Waals surface area (Å²) in [7, 11) is 0. The minimum Gasteiger partial charge on any atom is -0.360 e. The fourth-order valence-corrected chi connectivity index (χ4v) is 4.92. The summed E-state index contributed by atoms with van der Waals surface area (Å²) in [6.45, 7) is 6.33. The van der Waals surface area contributed by atoms with Crippen molar-refractivity contribution in [1.29, 1.82) is 0 Å².